The lowest BCUT2D eigenvalue weighted by Crippen LogP contribution is -2.45. The van der Waals surface area contributed by atoms with E-state index in [9.17, 15) is 14.5 Å². The standard InChI is InChI=1S/C18H24N2O3S/c1-17(2,3)24(23)19-15-14-7-5-4-6-13(14)12-18(15)8-10-20(11-9-18)16(21)22/h4-7H,8-12H2,1-3H3,(H,21,22)/b19-15-. The van der Waals surface area contributed by atoms with Gasteiger partial charge >= 0.3 is 6.09 Å². The minimum Gasteiger partial charge on any atom is -0.591 e. The monoisotopic (exact) mass is 348 g/mol. The maximum atomic E-state index is 12.6. The van der Waals surface area contributed by atoms with E-state index in [0.29, 0.717) is 13.1 Å². The molecule has 1 aromatic rings. The van der Waals surface area contributed by atoms with Gasteiger partial charge in [-0.15, -0.1) is 0 Å². The largest absolute Gasteiger partial charge is 0.591 e. The molecule has 6 heteroatoms. The fourth-order valence-electron chi connectivity index (χ4n) is 3.54. The van der Waals surface area contributed by atoms with E-state index in [2.05, 4.69) is 10.5 Å². The molecule has 1 N–H and O–H groups in total. The zero-order valence-electron chi connectivity index (χ0n) is 14.4. The number of piperidine rings is 1. The van der Waals surface area contributed by atoms with Crippen LogP contribution in [0.25, 0.3) is 0 Å². The second kappa shape index (κ2) is 6.08. The van der Waals surface area contributed by atoms with Gasteiger partial charge in [0.25, 0.3) is 0 Å². The lowest BCUT2D eigenvalue weighted by molar-refractivity contribution is 0.115. The third kappa shape index (κ3) is 3.05. The molecule has 1 aliphatic carbocycles. The summed E-state index contributed by atoms with van der Waals surface area (Å²) in [7, 11) is 0. The highest BCUT2D eigenvalue weighted by Gasteiger charge is 2.47. The van der Waals surface area contributed by atoms with Crippen molar-refractivity contribution in [2.75, 3.05) is 13.1 Å². The fourth-order valence-corrected chi connectivity index (χ4v) is 4.28. The first-order valence-corrected chi connectivity index (χ1v) is 9.41. The summed E-state index contributed by atoms with van der Waals surface area (Å²) in [6.07, 6.45) is 1.45. The van der Waals surface area contributed by atoms with E-state index in [1.807, 2.05) is 39.0 Å². The van der Waals surface area contributed by atoms with Gasteiger partial charge in [0.05, 0.1) is 0 Å². The van der Waals surface area contributed by atoms with Gasteiger partial charge in [-0.1, -0.05) is 28.7 Å². The van der Waals surface area contributed by atoms with Crippen molar-refractivity contribution < 1.29 is 14.5 Å². The fraction of sp³-hybridized carbons (Fsp3) is 0.556. The predicted molar refractivity (Wildman–Crippen MR) is 95.8 cm³/mol. The first-order chi connectivity index (χ1) is 11.2. The highest BCUT2D eigenvalue weighted by atomic mass is 32.2. The van der Waals surface area contributed by atoms with Crippen LogP contribution in [-0.2, 0) is 17.8 Å². The molecule has 2 aliphatic rings. The van der Waals surface area contributed by atoms with E-state index in [0.717, 1.165) is 30.5 Å². The van der Waals surface area contributed by atoms with E-state index in [1.54, 1.807) is 0 Å². The van der Waals surface area contributed by atoms with Crippen LogP contribution in [0, 0.1) is 5.41 Å². The summed E-state index contributed by atoms with van der Waals surface area (Å²) in [6.45, 7) is 6.78. The molecule has 0 aromatic heterocycles. The van der Waals surface area contributed by atoms with Crippen molar-refractivity contribution >= 4 is 23.2 Å². The Bertz CT molecular complexity index is 673. The van der Waals surface area contributed by atoms with Crippen LogP contribution in [0.15, 0.2) is 28.7 Å². The minimum absolute atomic E-state index is 0.184. The maximum absolute atomic E-state index is 12.6. The predicted octanol–water partition coefficient (Wildman–Crippen LogP) is 3.25. The molecule has 5 nitrogen and oxygen atoms in total. The Morgan fingerprint density at radius 2 is 1.92 bits per heavy atom. The molecule has 3 rings (SSSR count). The molecule has 1 saturated heterocycles. The molecule has 1 unspecified atom stereocenters. The van der Waals surface area contributed by atoms with Gasteiger partial charge in [0.15, 0.2) is 0 Å². The van der Waals surface area contributed by atoms with Crippen molar-refractivity contribution in [2.24, 2.45) is 9.81 Å². The van der Waals surface area contributed by atoms with Gasteiger partial charge in [-0.2, -0.15) is 0 Å². The Morgan fingerprint density at radius 1 is 1.29 bits per heavy atom. The summed E-state index contributed by atoms with van der Waals surface area (Å²) in [4.78, 5) is 12.7. The zero-order valence-corrected chi connectivity index (χ0v) is 15.2. The van der Waals surface area contributed by atoms with Crippen molar-refractivity contribution in [3.63, 3.8) is 0 Å². The summed E-state index contributed by atoms with van der Waals surface area (Å²) in [6, 6.07) is 8.15. The zero-order chi connectivity index (χ0) is 17.5. The first kappa shape index (κ1) is 17.3. The second-order valence-electron chi connectivity index (χ2n) is 7.69. The van der Waals surface area contributed by atoms with Crippen molar-refractivity contribution in [2.45, 2.75) is 44.8 Å². The summed E-state index contributed by atoms with van der Waals surface area (Å²) in [5.41, 5.74) is 3.04. The number of nitrogens with zero attached hydrogens (tertiary/aromatic N) is 2. The van der Waals surface area contributed by atoms with E-state index in [4.69, 9.17) is 0 Å². The van der Waals surface area contributed by atoms with Gasteiger partial charge in [-0.25, -0.2) is 4.79 Å². The SMILES string of the molecule is CC(C)(C)[S+]([O-])/N=C1/c2ccccc2CC12CCN(C(=O)O)CC2. The number of hydrogen-bond donors (Lipinski definition) is 1. The van der Waals surface area contributed by atoms with E-state index in [1.165, 1.54) is 10.5 Å². The molecule has 1 heterocycles. The molecule has 1 aromatic carbocycles. The summed E-state index contributed by atoms with van der Waals surface area (Å²) in [5.74, 6) is 0. The van der Waals surface area contributed by atoms with E-state index in [-0.39, 0.29) is 5.41 Å². The van der Waals surface area contributed by atoms with Crippen LogP contribution < -0.4 is 0 Å². The lowest BCUT2D eigenvalue weighted by atomic mass is 9.74. The van der Waals surface area contributed by atoms with Crippen molar-refractivity contribution in [1.82, 2.24) is 4.90 Å². The Hall–Kier alpha value is -1.53. The second-order valence-corrected chi connectivity index (χ2v) is 9.59. The number of benzene rings is 1. The topological polar surface area (TPSA) is 76.0 Å². The number of amides is 1. The normalized spacial score (nSPS) is 22.7. The molecule has 0 bridgehead atoms. The number of likely N-dealkylation sites (tertiary alicyclic amines) is 1. The Kier molecular flexibility index (Phi) is 4.38. The Morgan fingerprint density at radius 3 is 2.50 bits per heavy atom. The molecule has 130 valence electrons. The van der Waals surface area contributed by atoms with Crippen LogP contribution in [0.3, 0.4) is 0 Å². The Balaban J connectivity index is 1.98. The molecule has 0 saturated carbocycles. The van der Waals surface area contributed by atoms with Crippen LogP contribution in [0.5, 0.6) is 0 Å². The summed E-state index contributed by atoms with van der Waals surface area (Å²) in [5, 5.41) is 9.21. The van der Waals surface area contributed by atoms with Crippen LogP contribution in [-0.4, -0.2) is 44.2 Å². The molecule has 1 aliphatic heterocycles. The van der Waals surface area contributed by atoms with E-state index >= 15 is 0 Å². The van der Waals surface area contributed by atoms with E-state index < -0.39 is 22.2 Å². The van der Waals surface area contributed by atoms with Crippen LogP contribution >= 0.6 is 0 Å². The van der Waals surface area contributed by atoms with Crippen molar-refractivity contribution in [1.29, 1.82) is 0 Å². The van der Waals surface area contributed by atoms with Crippen molar-refractivity contribution in [3.8, 4) is 0 Å². The molecule has 24 heavy (non-hydrogen) atoms. The van der Waals surface area contributed by atoms with Gasteiger partial charge in [0.2, 0.25) is 0 Å². The number of rotatable bonds is 1. The van der Waals surface area contributed by atoms with Gasteiger partial charge in [-0.05, 0) is 45.6 Å². The third-order valence-corrected chi connectivity index (χ3v) is 6.39. The summed E-state index contributed by atoms with van der Waals surface area (Å²) >= 11 is -1.32. The first-order valence-electron chi connectivity index (χ1n) is 8.30. The van der Waals surface area contributed by atoms with Gasteiger partial charge in [0.1, 0.15) is 21.8 Å². The number of carboxylic acid groups (broad SMARTS) is 1. The van der Waals surface area contributed by atoms with Crippen molar-refractivity contribution in [3.05, 3.63) is 35.4 Å². The van der Waals surface area contributed by atoms with Gasteiger partial charge < -0.3 is 14.6 Å². The van der Waals surface area contributed by atoms with Gasteiger partial charge in [-0.3, -0.25) is 0 Å². The quantitative estimate of drug-likeness (QED) is 0.792. The maximum Gasteiger partial charge on any atom is 0.407 e. The van der Waals surface area contributed by atoms with Crippen LogP contribution in [0.4, 0.5) is 4.79 Å². The molecule has 1 spiro atoms. The highest BCUT2D eigenvalue weighted by Crippen LogP contribution is 2.45. The third-order valence-electron chi connectivity index (χ3n) is 4.99. The van der Waals surface area contributed by atoms with Gasteiger partial charge in [0, 0.05) is 24.1 Å². The number of carbonyl (C=O) groups is 1. The molecule has 1 atom stereocenters. The lowest BCUT2D eigenvalue weighted by Gasteiger charge is -2.38. The van der Waals surface area contributed by atoms with Crippen LogP contribution in [0.2, 0.25) is 0 Å². The molecular formula is C18H24N2O3S. The number of fused-ring (bicyclic) bond motifs is 1. The highest BCUT2D eigenvalue weighted by molar-refractivity contribution is 7.91. The van der Waals surface area contributed by atoms with Crippen LogP contribution in [0.1, 0.15) is 44.7 Å². The molecule has 1 amide bonds. The molecule has 0 radical (unpaired) electrons. The average molecular weight is 348 g/mol. The minimum atomic E-state index is -1.32. The molecule has 1 fully saturated rings. The number of hydrogen-bond acceptors (Lipinski definition) is 3. The summed E-state index contributed by atoms with van der Waals surface area (Å²) < 4.78 is 16.9. The smallest absolute Gasteiger partial charge is 0.407 e. The Labute approximate surface area is 146 Å². The average Bonchev–Trinajstić information content (AvgIpc) is 2.80. The molecular weight excluding hydrogens is 324 g/mol.